The summed E-state index contributed by atoms with van der Waals surface area (Å²) < 4.78 is 38.2. The molecule has 19 heavy (non-hydrogen) atoms. The van der Waals surface area contributed by atoms with Crippen molar-refractivity contribution < 1.29 is 21.8 Å². The second-order valence-electron chi connectivity index (χ2n) is 3.80. The molecular weight excluding hydrogens is 382 g/mol. The van der Waals surface area contributed by atoms with Gasteiger partial charge in [-0.3, -0.25) is 9.00 Å². The van der Waals surface area contributed by atoms with Crippen molar-refractivity contribution in [2.24, 2.45) is 0 Å². The van der Waals surface area contributed by atoms with Crippen LogP contribution in [0.5, 0.6) is 0 Å². The van der Waals surface area contributed by atoms with E-state index in [0.29, 0.717) is 0 Å². The van der Waals surface area contributed by atoms with Crippen molar-refractivity contribution in [2.45, 2.75) is 17.9 Å². The van der Waals surface area contributed by atoms with Crippen LogP contribution in [-0.4, -0.2) is 36.6 Å². The molecule has 0 saturated heterocycles. The molecule has 1 amide bonds. The lowest BCUT2D eigenvalue weighted by Gasteiger charge is -2.10. The number of hydrogen-bond acceptors (Lipinski definition) is 5. The Bertz CT molecular complexity index is 612. The Morgan fingerprint density at radius 2 is 2.21 bits per heavy atom. The lowest BCUT2D eigenvalue weighted by molar-refractivity contribution is 0.0914. The summed E-state index contributed by atoms with van der Waals surface area (Å²) in [5.74, 6) is -0.515. The van der Waals surface area contributed by atoms with Crippen molar-refractivity contribution in [1.29, 1.82) is 0 Å². The topological polar surface area (TPSA) is 93.5 Å². The van der Waals surface area contributed by atoms with Gasteiger partial charge in [-0.25, -0.2) is 8.42 Å². The lowest BCUT2D eigenvalue weighted by Crippen LogP contribution is -2.35. The Morgan fingerprint density at radius 1 is 1.63 bits per heavy atom. The van der Waals surface area contributed by atoms with Gasteiger partial charge >= 0.3 is 0 Å². The van der Waals surface area contributed by atoms with Crippen LogP contribution in [0.25, 0.3) is 0 Å². The standard InChI is InChI=1S/C9H11BrClNO5S2/c1-5(4-18(2)14)12-9(13)6-3-7(8(10)17-6)19(11,15)16/h3,5H,4H2,1-2H3,(H,12,13). The van der Waals surface area contributed by atoms with Gasteiger partial charge in [0.05, 0.1) is 0 Å². The van der Waals surface area contributed by atoms with E-state index in [9.17, 15) is 17.4 Å². The number of carbonyl (C=O) groups is 1. The number of furan rings is 1. The third-order valence-corrected chi connectivity index (χ3v) is 5.15. The molecule has 6 nitrogen and oxygen atoms in total. The number of rotatable bonds is 5. The maximum Gasteiger partial charge on any atom is 0.287 e. The zero-order valence-corrected chi connectivity index (χ0v) is 14.0. The molecule has 108 valence electrons. The monoisotopic (exact) mass is 391 g/mol. The van der Waals surface area contributed by atoms with Gasteiger partial charge < -0.3 is 9.73 Å². The quantitative estimate of drug-likeness (QED) is 0.766. The highest BCUT2D eigenvalue weighted by Crippen LogP contribution is 2.28. The summed E-state index contributed by atoms with van der Waals surface area (Å²) >= 11 is 2.87. The van der Waals surface area contributed by atoms with E-state index in [1.54, 1.807) is 6.92 Å². The van der Waals surface area contributed by atoms with Crippen molar-refractivity contribution in [3.05, 3.63) is 16.5 Å². The molecule has 1 aromatic rings. The average Bonchev–Trinajstić information content (AvgIpc) is 2.58. The normalized spacial score (nSPS) is 14.9. The molecule has 10 heteroatoms. The van der Waals surface area contributed by atoms with Crippen LogP contribution in [0, 0.1) is 0 Å². The van der Waals surface area contributed by atoms with E-state index in [2.05, 4.69) is 21.2 Å². The number of halogens is 2. The SMILES string of the molecule is CC(CS(C)=O)NC(=O)c1cc(S(=O)(=O)Cl)c(Br)o1. The Labute approximate surface area is 125 Å². The first-order chi connectivity index (χ1) is 8.61. The molecule has 2 atom stereocenters. The molecule has 0 bridgehead atoms. The first-order valence-electron chi connectivity index (χ1n) is 4.96. The number of nitrogens with one attached hydrogen (secondary N) is 1. The lowest BCUT2D eigenvalue weighted by atomic mass is 10.3. The van der Waals surface area contributed by atoms with E-state index in [1.807, 2.05) is 0 Å². The molecule has 1 N–H and O–H groups in total. The minimum atomic E-state index is -3.99. The minimum Gasteiger partial charge on any atom is -0.443 e. The van der Waals surface area contributed by atoms with Crippen LogP contribution < -0.4 is 5.32 Å². The summed E-state index contributed by atoms with van der Waals surface area (Å²) in [5, 5.41) is 2.54. The average molecular weight is 393 g/mol. The van der Waals surface area contributed by atoms with Gasteiger partial charge in [0, 0.05) is 45.6 Å². The Morgan fingerprint density at radius 3 is 2.63 bits per heavy atom. The summed E-state index contributed by atoms with van der Waals surface area (Å²) in [7, 11) is 0.123. The van der Waals surface area contributed by atoms with Gasteiger partial charge in [0.25, 0.3) is 15.0 Å². The zero-order valence-electron chi connectivity index (χ0n) is 9.98. The van der Waals surface area contributed by atoms with Crippen LogP contribution in [0.1, 0.15) is 17.5 Å². The van der Waals surface area contributed by atoms with Gasteiger partial charge in [-0.05, 0) is 22.9 Å². The largest absolute Gasteiger partial charge is 0.443 e. The van der Waals surface area contributed by atoms with Crippen molar-refractivity contribution in [3.63, 3.8) is 0 Å². The second-order valence-corrected chi connectivity index (χ2v) is 8.54. The summed E-state index contributed by atoms with van der Waals surface area (Å²) in [6.07, 6.45) is 1.52. The van der Waals surface area contributed by atoms with E-state index in [-0.39, 0.29) is 27.1 Å². The smallest absolute Gasteiger partial charge is 0.287 e. The van der Waals surface area contributed by atoms with E-state index in [0.717, 1.165) is 6.07 Å². The Hall–Kier alpha value is -0.380. The van der Waals surface area contributed by atoms with Gasteiger partial charge in [0.2, 0.25) is 0 Å². The van der Waals surface area contributed by atoms with Crippen molar-refractivity contribution in [2.75, 3.05) is 12.0 Å². The fourth-order valence-corrected chi connectivity index (χ4v) is 4.14. The van der Waals surface area contributed by atoms with Crippen molar-refractivity contribution in [1.82, 2.24) is 5.32 Å². The third-order valence-electron chi connectivity index (χ3n) is 2.00. The molecule has 0 aliphatic rings. The van der Waals surface area contributed by atoms with Crippen LogP contribution in [0.4, 0.5) is 0 Å². The highest BCUT2D eigenvalue weighted by Gasteiger charge is 2.23. The molecule has 0 aliphatic carbocycles. The molecular formula is C9H11BrClNO5S2. The van der Waals surface area contributed by atoms with Crippen LogP contribution in [0.3, 0.4) is 0 Å². The van der Waals surface area contributed by atoms with Crippen molar-refractivity contribution >= 4 is 52.4 Å². The first-order valence-corrected chi connectivity index (χ1v) is 9.79. The number of amides is 1. The van der Waals surface area contributed by atoms with Crippen molar-refractivity contribution in [3.8, 4) is 0 Å². The van der Waals surface area contributed by atoms with Gasteiger partial charge in [0.15, 0.2) is 10.4 Å². The number of hydrogen-bond donors (Lipinski definition) is 1. The minimum absolute atomic E-state index is 0.139. The molecule has 0 spiro atoms. The summed E-state index contributed by atoms with van der Waals surface area (Å²) in [6.45, 7) is 1.68. The fourth-order valence-electron chi connectivity index (χ4n) is 1.32. The fraction of sp³-hybridized carbons (Fsp3) is 0.444. The van der Waals surface area contributed by atoms with Crippen LogP contribution in [0.15, 0.2) is 20.0 Å². The molecule has 1 heterocycles. The van der Waals surface area contributed by atoms with Gasteiger partial charge in [-0.15, -0.1) is 0 Å². The van der Waals surface area contributed by atoms with E-state index in [4.69, 9.17) is 15.1 Å². The zero-order chi connectivity index (χ0) is 14.8. The predicted octanol–water partition coefficient (Wildman–Crippen LogP) is 1.47. The molecule has 0 saturated carbocycles. The number of carbonyl (C=O) groups excluding carboxylic acids is 1. The molecule has 0 radical (unpaired) electrons. The third kappa shape index (κ3) is 4.90. The maximum atomic E-state index is 11.8. The highest BCUT2D eigenvalue weighted by atomic mass is 79.9. The molecule has 0 fully saturated rings. The Kier molecular flexibility index (Phi) is 5.60. The molecule has 0 aliphatic heterocycles. The van der Waals surface area contributed by atoms with Gasteiger partial charge in [-0.1, -0.05) is 0 Å². The maximum absolute atomic E-state index is 11.8. The van der Waals surface area contributed by atoms with E-state index in [1.165, 1.54) is 6.26 Å². The van der Waals surface area contributed by atoms with E-state index < -0.39 is 25.8 Å². The molecule has 2 unspecified atom stereocenters. The summed E-state index contributed by atoms with van der Waals surface area (Å²) in [4.78, 5) is 11.5. The highest BCUT2D eigenvalue weighted by molar-refractivity contribution is 9.10. The molecule has 0 aromatic carbocycles. The summed E-state index contributed by atoms with van der Waals surface area (Å²) in [6, 6.07) is 0.690. The van der Waals surface area contributed by atoms with E-state index >= 15 is 0 Å². The van der Waals surface area contributed by atoms with Crippen LogP contribution in [0.2, 0.25) is 0 Å². The first kappa shape index (κ1) is 16.7. The predicted molar refractivity (Wildman–Crippen MR) is 75.3 cm³/mol. The van der Waals surface area contributed by atoms with Gasteiger partial charge in [-0.2, -0.15) is 0 Å². The Balaban J connectivity index is 2.88. The molecule has 1 rings (SSSR count). The van der Waals surface area contributed by atoms with Crippen LogP contribution in [-0.2, 0) is 19.9 Å². The van der Waals surface area contributed by atoms with Gasteiger partial charge in [0.1, 0.15) is 4.90 Å². The van der Waals surface area contributed by atoms with Crippen LogP contribution >= 0.6 is 26.6 Å². The molecule has 1 aromatic heterocycles. The summed E-state index contributed by atoms with van der Waals surface area (Å²) in [5.41, 5.74) is 0. The second kappa shape index (κ2) is 6.38.